The van der Waals surface area contributed by atoms with E-state index >= 15 is 0 Å². The zero-order valence-electron chi connectivity index (χ0n) is 12.6. The number of nitro groups is 1. The lowest BCUT2D eigenvalue weighted by atomic mass is 9.76. The number of nitrogens with zero attached hydrogens (tertiary/aromatic N) is 3. The Balaban J connectivity index is 1.74. The quantitative estimate of drug-likeness (QED) is 0.629. The number of fused-ring (bicyclic) bond motifs is 2. The van der Waals surface area contributed by atoms with Crippen molar-refractivity contribution in [3.8, 4) is 0 Å². The van der Waals surface area contributed by atoms with Gasteiger partial charge in [-0.25, -0.2) is 4.98 Å². The number of hydrogen-bond donors (Lipinski definition) is 0. The smallest absolute Gasteiger partial charge is 0.287 e. The molecule has 1 aromatic heterocycles. The van der Waals surface area contributed by atoms with Crippen molar-refractivity contribution in [3.05, 3.63) is 58.3 Å². The summed E-state index contributed by atoms with van der Waals surface area (Å²) in [6.45, 7) is 2.40. The third kappa shape index (κ3) is 2.26. The van der Waals surface area contributed by atoms with E-state index in [-0.39, 0.29) is 11.1 Å². The molecule has 1 aromatic carbocycles. The van der Waals surface area contributed by atoms with Gasteiger partial charge < -0.3 is 9.64 Å². The molecule has 3 heterocycles. The van der Waals surface area contributed by atoms with E-state index < -0.39 is 4.92 Å². The van der Waals surface area contributed by atoms with Crippen LogP contribution in [0.3, 0.4) is 0 Å². The normalized spacial score (nSPS) is 18.9. The van der Waals surface area contributed by atoms with E-state index in [2.05, 4.69) is 28.1 Å². The van der Waals surface area contributed by atoms with Crippen molar-refractivity contribution in [1.82, 2.24) is 4.98 Å². The molecular formula is C17H17N3O3. The molecule has 1 fully saturated rings. The molecule has 1 spiro atoms. The van der Waals surface area contributed by atoms with Crippen LogP contribution in [0.5, 0.6) is 0 Å². The minimum absolute atomic E-state index is 0.0158. The molecule has 0 aliphatic carbocycles. The molecule has 2 aliphatic rings. The van der Waals surface area contributed by atoms with Crippen LogP contribution in [0, 0.1) is 10.1 Å². The Labute approximate surface area is 133 Å². The molecule has 2 aromatic rings. The zero-order chi connectivity index (χ0) is 15.9. The van der Waals surface area contributed by atoms with E-state index in [4.69, 9.17) is 4.74 Å². The summed E-state index contributed by atoms with van der Waals surface area (Å²) >= 11 is 0. The van der Waals surface area contributed by atoms with Gasteiger partial charge in [-0.05, 0) is 30.5 Å². The number of aromatic nitrogens is 1. The number of rotatable bonds is 2. The summed E-state index contributed by atoms with van der Waals surface area (Å²) in [7, 11) is 0. The first-order chi connectivity index (χ1) is 11.2. The number of benzene rings is 1. The Morgan fingerprint density at radius 1 is 1.17 bits per heavy atom. The lowest BCUT2D eigenvalue weighted by Crippen LogP contribution is -2.37. The van der Waals surface area contributed by atoms with Crippen LogP contribution in [-0.4, -0.2) is 29.7 Å². The monoisotopic (exact) mass is 311 g/mol. The van der Waals surface area contributed by atoms with Crippen LogP contribution in [0.1, 0.15) is 18.4 Å². The Hall–Kier alpha value is -2.47. The summed E-state index contributed by atoms with van der Waals surface area (Å²) in [4.78, 5) is 16.9. The number of anilines is 2. The van der Waals surface area contributed by atoms with Crippen LogP contribution in [-0.2, 0) is 10.2 Å². The van der Waals surface area contributed by atoms with Crippen LogP contribution >= 0.6 is 0 Å². The van der Waals surface area contributed by atoms with Crippen LogP contribution < -0.4 is 4.90 Å². The fraction of sp³-hybridized carbons (Fsp3) is 0.353. The van der Waals surface area contributed by atoms with Crippen molar-refractivity contribution in [2.45, 2.75) is 18.3 Å². The first-order valence-electron chi connectivity index (χ1n) is 7.75. The van der Waals surface area contributed by atoms with Gasteiger partial charge in [0.1, 0.15) is 12.0 Å². The Bertz CT molecular complexity index is 739. The predicted molar refractivity (Wildman–Crippen MR) is 86.1 cm³/mol. The highest BCUT2D eigenvalue weighted by Crippen LogP contribution is 2.48. The van der Waals surface area contributed by atoms with Crippen LogP contribution in [0.25, 0.3) is 0 Å². The van der Waals surface area contributed by atoms with E-state index in [0.29, 0.717) is 0 Å². The Morgan fingerprint density at radius 2 is 1.96 bits per heavy atom. The summed E-state index contributed by atoms with van der Waals surface area (Å²) in [6.07, 6.45) is 3.31. The maximum absolute atomic E-state index is 10.8. The zero-order valence-corrected chi connectivity index (χ0v) is 12.6. The van der Waals surface area contributed by atoms with Gasteiger partial charge in [-0.1, -0.05) is 18.2 Å². The second-order valence-electron chi connectivity index (χ2n) is 6.13. The van der Waals surface area contributed by atoms with Gasteiger partial charge in [-0.3, -0.25) is 10.1 Å². The summed E-state index contributed by atoms with van der Waals surface area (Å²) in [5, 5.41) is 10.8. The molecule has 0 saturated carbocycles. The molecule has 0 atom stereocenters. The summed E-state index contributed by atoms with van der Waals surface area (Å²) < 4.78 is 5.55. The summed E-state index contributed by atoms with van der Waals surface area (Å²) in [5.41, 5.74) is 2.60. The average Bonchev–Trinajstić information content (AvgIpc) is 2.90. The molecule has 0 amide bonds. The largest absolute Gasteiger partial charge is 0.381 e. The van der Waals surface area contributed by atoms with E-state index in [9.17, 15) is 10.1 Å². The summed E-state index contributed by atoms with van der Waals surface area (Å²) in [6, 6.07) is 11.6. The van der Waals surface area contributed by atoms with Gasteiger partial charge in [-0.2, -0.15) is 0 Å². The molecule has 0 unspecified atom stereocenters. The summed E-state index contributed by atoms with van der Waals surface area (Å²) in [5.74, 6) is 0.756. The van der Waals surface area contributed by atoms with Crippen LogP contribution in [0.15, 0.2) is 42.6 Å². The lowest BCUT2D eigenvalue weighted by molar-refractivity contribution is -0.385. The Kier molecular flexibility index (Phi) is 3.27. The van der Waals surface area contributed by atoms with Crippen LogP contribution in [0.4, 0.5) is 17.2 Å². The fourth-order valence-electron chi connectivity index (χ4n) is 3.67. The van der Waals surface area contributed by atoms with Gasteiger partial charge in [-0.15, -0.1) is 0 Å². The van der Waals surface area contributed by atoms with Crippen molar-refractivity contribution < 1.29 is 9.66 Å². The highest BCUT2D eigenvalue weighted by molar-refractivity contribution is 5.71. The van der Waals surface area contributed by atoms with Crippen molar-refractivity contribution in [1.29, 1.82) is 0 Å². The Morgan fingerprint density at radius 3 is 2.65 bits per heavy atom. The van der Waals surface area contributed by atoms with E-state index in [1.165, 1.54) is 17.8 Å². The molecule has 0 N–H and O–H groups in total. The lowest BCUT2D eigenvalue weighted by Gasteiger charge is -2.34. The maximum atomic E-state index is 10.8. The standard InChI is InChI=1S/C17H17N3O3/c21-20(22)13-5-6-16(18-11-13)19-12-17(7-9-23-10-8-17)14-3-1-2-4-15(14)19/h1-6,11H,7-10,12H2. The molecule has 1 saturated heterocycles. The van der Waals surface area contributed by atoms with Gasteiger partial charge in [0.2, 0.25) is 0 Å². The molecule has 2 aliphatic heterocycles. The molecule has 118 valence electrons. The van der Waals surface area contributed by atoms with Crippen molar-refractivity contribution in [2.75, 3.05) is 24.7 Å². The van der Waals surface area contributed by atoms with Gasteiger partial charge in [0.05, 0.1) is 4.92 Å². The highest BCUT2D eigenvalue weighted by Gasteiger charge is 2.44. The third-order valence-corrected chi connectivity index (χ3v) is 4.90. The minimum Gasteiger partial charge on any atom is -0.381 e. The molecule has 0 bridgehead atoms. The number of hydrogen-bond acceptors (Lipinski definition) is 5. The van der Waals surface area contributed by atoms with Crippen LogP contribution in [0.2, 0.25) is 0 Å². The molecule has 4 rings (SSSR count). The molecule has 6 nitrogen and oxygen atoms in total. The van der Waals surface area contributed by atoms with Crippen molar-refractivity contribution in [2.24, 2.45) is 0 Å². The molecule has 23 heavy (non-hydrogen) atoms. The van der Waals surface area contributed by atoms with E-state index in [0.717, 1.165) is 44.1 Å². The second kappa shape index (κ2) is 5.31. The highest BCUT2D eigenvalue weighted by atomic mass is 16.6. The molecule has 0 radical (unpaired) electrons. The number of para-hydroxylation sites is 1. The van der Waals surface area contributed by atoms with Crippen molar-refractivity contribution >= 4 is 17.2 Å². The topological polar surface area (TPSA) is 68.5 Å². The number of ether oxygens (including phenoxy) is 1. The minimum atomic E-state index is -0.422. The first-order valence-corrected chi connectivity index (χ1v) is 7.75. The number of pyridine rings is 1. The van der Waals surface area contributed by atoms with Gasteiger partial charge in [0.25, 0.3) is 5.69 Å². The molecule has 6 heteroatoms. The average molecular weight is 311 g/mol. The van der Waals surface area contributed by atoms with Gasteiger partial charge in [0, 0.05) is 36.9 Å². The maximum Gasteiger partial charge on any atom is 0.287 e. The third-order valence-electron chi connectivity index (χ3n) is 4.90. The van der Waals surface area contributed by atoms with E-state index in [1.807, 2.05) is 6.07 Å². The second-order valence-corrected chi connectivity index (χ2v) is 6.13. The van der Waals surface area contributed by atoms with E-state index in [1.54, 1.807) is 6.07 Å². The SMILES string of the molecule is O=[N+]([O-])c1ccc(N2CC3(CCOCC3)c3ccccc32)nc1. The predicted octanol–water partition coefficient (Wildman–Crippen LogP) is 3.19. The van der Waals surface area contributed by atoms with Gasteiger partial charge >= 0.3 is 0 Å². The van der Waals surface area contributed by atoms with Crippen molar-refractivity contribution in [3.63, 3.8) is 0 Å². The van der Waals surface area contributed by atoms with Gasteiger partial charge in [0.15, 0.2) is 0 Å². The fourth-order valence-corrected chi connectivity index (χ4v) is 3.67. The molecular weight excluding hydrogens is 294 g/mol. The first kappa shape index (κ1) is 14.1.